The van der Waals surface area contributed by atoms with Crippen molar-refractivity contribution in [2.45, 2.75) is 37.9 Å². The summed E-state index contributed by atoms with van der Waals surface area (Å²) in [6.45, 7) is 2.47. The van der Waals surface area contributed by atoms with Crippen molar-refractivity contribution < 1.29 is 19.5 Å². The first kappa shape index (κ1) is 16.8. The number of nitrogens with one attached hydrogen (secondary N) is 2. The third-order valence-corrected chi connectivity index (χ3v) is 3.22. The standard InChI is InChI=1S/C11H20N2O4S/c1-8(18-2)7-12-11(17)13-9(14)5-3-4-6-10(15)16/h8H,3-7H2,1-2H3,(H,15,16)(H2,12,13,14,17). The molecule has 0 heterocycles. The van der Waals surface area contributed by atoms with E-state index in [1.165, 1.54) is 0 Å². The highest BCUT2D eigenvalue weighted by Gasteiger charge is 2.08. The van der Waals surface area contributed by atoms with Crippen LogP contribution < -0.4 is 10.6 Å². The van der Waals surface area contributed by atoms with Gasteiger partial charge in [-0.3, -0.25) is 14.9 Å². The molecular weight excluding hydrogens is 256 g/mol. The van der Waals surface area contributed by atoms with Crippen molar-refractivity contribution in [1.29, 1.82) is 0 Å². The van der Waals surface area contributed by atoms with Crippen LogP contribution in [-0.4, -0.2) is 41.1 Å². The predicted molar refractivity (Wildman–Crippen MR) is 70.6 cm³/mol. The Morgan fingerprint density at radius 2 is 1.83 bits per heavy atom. The van der Waals surface area contributed by atoms with Crippen LogP contribution in [0.2, 0.25) is 0 Å². The van der Waals surface area contributed by atoms with Crippen LogP contribution in [0.25, 0.3) is 0 Å². The molecule has 6 nitrogen and oxygen atoms in total. The van der Waals surface area contributed by atoms with E-state index in [9.17, 15) is 14.4 Å². The van der Waals surface area contributed by atoms with E-state index in [1.54, 1.807) is 11.8 Å². The van der Waals surface area contributed by atoms with E-state index in [1.807, 2.05) is 13.2 Å². The molecule has 0 fully saturated rings. The topological polar surface area (TPSA) is 95.5 Å². The Balaban J connectivity index is 3.61. The number of rotatable bonds is 8. The molecule has 0 saturated carbocycles. The molecule has 0 aliphatic heterocycles. The third-order valence-electron chi connectivity index (χ3n) is 2.25. The minimum atomic E-state index is -0.876. The number of amides is 3. The van der Waals surface area contributed by atoms with Gasteiger partial charge in [0.25, 0.3) is 0 Å². The maximum atomic E-state index is 11.3. The van der Waals surface area contributed by atoms with Gasteiger partial charge in [-0.25, -0.2) is 4.79 Å². The Hall–Kier alpha value is -1.24. The van der Waals surface area contributed by atoms with Crippen molar-refractivity contribution >= 4 is 29.7 Å². The summed E-state index contributed by atoms with van der Waals surface area (Å²) in [7, 11) is 0. The van der Waals surface area contributed by atoms with Crippen LogP contribution >= 0.6 is 11.8 Å². The second kappa shape index (κ2) is 9.76. The molecule has 0 bridgehead atoms. The first-order chi connectivity index (χ1) is 8.45. The average molecular weight is 276 g/mol. The van der Waals surface area contributed by atoms with Crippen molar-refractivity contribution in [1.82, 2.24) is 10.6 Å². The van der Waals surface area contributed by atoms with E-state index in [4.69, 9.17) is 5.11 Å². The van der Waals surface area contributed by atoms with Crippen LogP contribution in [0.4, 0.5) is 4.79 Å². The van der Waals surface area contributed by atoms with Crippen LogP contribution in [0.1, 0.15) is 32.6 Å². The van der Waals surface area contributed by atoms with Crippen molar-refractivity contribution in [3.05, 3.63) is 0 Å². The minimum absolute atomic E-state index is 0.0463. The fourth-order valence-electron chi connectivity index (χ4n) is 1.11. The molecule has 18 heavy (non-hydrogen) atoms. The first-order valence-electron chi connectivity index (χ1n) is 5.78. The quantitative estimate of drug-likeness (QED) is 0.579. The third kappa shape index (κ3) is 9.95. The number of carbonyl (C=O) groups excluding carboxylic acids is 2. The molecule has 7 heteroatoms. The van der Waals surface area contributed by atoms with Gasteiger partial charge < -0.3 is 10.4 Å². The Morgan fingerprint density at radius 1 is 1.22 bits per heavy atom. The Morgan fingerprint density at radius 3 is 2.39 bits per heavy atom. The van der Waals surface area contributed by atoms with Gasteiger partial charge in [-0.05, 0) is 19.1 Å². The number of hydrogen-bond donors (Lipinski definition) is 3. The molecule has 3 N–H and O–H groups in total. The lowest BCUT2D eigenvalue weighted by Crippen LogP contribution is -2.41. The van der Waals surface area contributed by atoms with Crippen molar-refractivity contribution in [2.75, 3.05) is 12.8 Å². The van der Waals surface area contributed by atoms with Crippen molar-refractivity contribution in [3.63, 3.8) is 0 Å². The maximum Gasteiger partial charge on any atom is 0.321 e. The van der Waals surface area contributed by atoms with Gasteiger partial charge in [-0.2, -0.15) is 11.8 Å². The molecule has 1 atom stereocenters. The molecule has 0 aromatic heterocycles. The minimum Gasteiger partial charge on any atom is -0.481 e. The summed E-state index contributed by atoms with van der Waals surface area (Å²) in [5, 5.41) is 13.5. The van der Waals surface area contributed by atoms with E-state index in [0.29, 0.717) is 24.6 Å². The number of carboxylic acid groups (broad SMARTS) is 1. The second-order valence-electron chi connectivity index (χ2n) is 3.91. The summed E-state index contributed by atoms with van der Waals surface area (Å²) in [6, 6.07) is -0.501. The lowest BCUT2D eigenvalue weighted by molar-refractivity contribution is -0.137. The lowest BCUT2D eigenvalue weighted by atomic mass is 10.2. The average Bonchev–Trinajstić information content (AvgIpc) is 2.31. The summed E-state index contributed by atoms with van der Waals surface area (Å²) in [5.74, 6) is -1.26. The number of imide groups is 1. The molecule has 3 amide bonds. The number of aliphatic carboxylic acids is 1. The number of unbranched alkanes of at least 4 members (excludes halogenated alkanes) is 1. The number of thioether (sulfide) groups is 1. The van der Waals surface area contributed by atoms with E-state index in [-0.39, 0.29) is 18.7 Å². The molecule has 0 aromatic rings. The molecule has 104 valence electrons. The van der Waals surface area contributed by atoms with E-state index >= 15 is 0 Å². The highest BCUT2D eigenvalue weighted by molar-refractivity contribution is 7.99. The number of carboxylic acids is 1. The van der Waals surface area contributed by atoms with Gasteiger partial charge in [0.05, 0.1) is 0 Å². The van der Waals surface area contributed by atoms with Gasteiger partial charge >= 0.3 is 12.0 Å². The zero-order valence-corrected chi connectivity index (χ0v) is 11.5. The zero-order chi connectivity index (χ0) is 14.0. The van der Waals surface area contributed by atoms with Crippen LogP contribution in [-0.2, 0) is 9.59 Å². The summed E-state index contributed by atoms with van der Waals surface area (Å²) in [4.78, 5) is 32.8. The molecule has 0 radical (unpaired) electrons. The maximum absolute atomic E-state index is 11.3. The van der Waals surface area contributed by atoms with Crippen LogP contribution in [0, 0.1) is 0 Å². The summed E-state index contributed by atoms with van der Waals surface area (Å²) in [6.07, 6.45) is 3.06. The van der Waals surface area contributed by atoms with E-state index < -0.39 is 12.0 Å². The van der Waals surface area contributed by atoms with Crippen LogP contribution in [0.3, 0.4) is 0 Å². The highest BCUT2D eigenvalue weighted by atomic mass is 32.2. The van der Waals surface area contributed by atoms with Crippen LogP contribution in [0.5, 0.6) is 0 Å². The monoisotopic (exact) mass is 276 g/mol. The number of hydrogen-bond acceptors (Lipinski definition) is 4. The summed E-state index contributed by atoms with van der Waals surface area (Å²) < 4.78 is 0. The molecule has 0 aliphatic rings. The second-order valence-corrected chi connectivity index (χ2v) is 5.18. The van der Waals surface area contributed by atoms with Crippen molar-refractivity contribution in [2.24, 2.45) is 0 Å². The molecule has 0 spiro atoms. The summed E-state index contributed by atoms with van der Waals surface area (Å²) in [5.41, 5.74) is 0. The molecule has 0 saturated heterocycles. The Kier molecular flexibility index (Phi) is 9.08. The van der Waals surface area contributed by atoms with Gasteiger partial charge in [-0.15, -0.1) is 0 Å². The molecule has 0 rings (SSSR count). The van der Waals surface area contributed by atoms with Gasteiger partial charge in [-0.1, -0.05) is 6.92 Å². The first-order valence-corrected chi connectivity index (χ1v) is 7.06. The summed E-state index contributed by atoms with van der Waals surface area (Å²) >= 11 is 1.62. The molecule has 0 aromatic carbocycles. The molecule has 0 aliphatic carbocycles. The fourth-order valence-corrected chi connectivity index (χ4v) is 1.36. The van der Waals surface area contributed by atoms with E-state index in [0.717, 1.165) is 0 Å². The highest BCUT2D eigenvalue weighted by Crippen LogP contribution is 2.02. The Labute approximate surface area is 111 Å². The van der Waals surface area contributed by atoms with Gasteiger partial charge in [0.2, 0.25) is 5.91 Å². The molecule has 1 unspecified atom stereocenters. The number of carbonyl (C=O) groups is 3. The fraction of sp³-hybridized carbons (Fsp3) is 0.727. The Bertz CT molecular complexity index is 297. The van der Waals surface area contributed by atoms with Crippen LogP contribution in [0.15, 0.2) is 0 Å². The zero-order valence-electron chi connectivity index (χ0n) is 10.7. The molecular formula is C11H20N2O4S. The SMILES string of the molecule is CSC(C)CNC(=O)NC(=O)CCCCC(=O)O. The van der Waals surface area contributed by atoms with Gasteiger partial charge in [0, 0.05) is 24.6 Å². The predicted octanol–water partition coefficient (Wildman–Crippen LogP) is 1.21. The lowest BCUT2D eigenvalue weighted by Gasteiger charge is -2.10. The normalized spacial score (nSPS) is 11.7. The van der Waals surface area contributed by atoms with Gasteiger partial charge in [0.15, 0.2) is 0 Å². The smallest absolute Gasteiger partial charge is 0.321 e. The van der Waals surface area contributed by atoms with E-state index in [2.05, 4.69) is 10.6 Å². The van der Waals surface area contributed by atoms with Gasteiger partial charge in [0.1, 0.15) is 0 Å². The number of urea groups is 1. The van der Waals surface area contributed by atoms with Crippen molar-refractivity contribution in [3.8, 4) is 0 Å². The largest absolute Gasteiger partial charge is 0.481 e.